The fraction of sp³-hybridized carbons (Fsp3) is 0.545. The summed E-state index contributed by atoms with van der Waals surface area (Å²) in [4.78, 5) is 18.9. The van der Waals surface area contributed by atoms with Gasteiger partial charge in [-0.05, 0) is 48.9 Å². The molecule has 1 saturated heterocycles. The van der Waals surface area contributed by atoms with Crippen LogP contribution in [-0.2, 0) is 25.3 Å². The lowest BCUT2D eigenvalue weighted by molar-refractivity contribution is -0.143. The number of benzene rings is 1. The van der Waals surface area contributed by atoms with Crippen LogP contribution < -0.4 is 0 Å². The summed E-state index contributed by atoms with van der Waals surface area (Å²) in [5, 5.41) is 0. The van der Waals surface area contributed by atoms with Crippen LogP contribution >= 0.6 is 0 Å². The van der Waals surface area contributed by atoms with Gasteiger partial charge in [0, 0.05) is 38.2 Å². The molecule has 2 aromatic rings. The van der Waals surface area contributed by atoms with Crippen LogP contribution in [0.2, 0.25) is 0 Å². The molecule has 0 radical (unpaired) electrons. The maximum atomic E-state index is 13.2. The summed E-state index contributed by atoms with van der Waals surface area (Å²) in [6, 6.07) is 1.73. The summed E-state index contributed by atoms with van der Waals surface area (Å²) in [6.45, 7) is 3.60. The molecule has 0 bridgehead atoms. The Kier molecular flexibility index (Phi) is 5.75. The van der Waals surface area contributed by atoms with Gasteiger partial charge in [0.15, 0.2) is 0 Å². The van der Waals surface area contributed by atoms with E-state index >= 15 is 0 Å². The van der Waals surface area contributed by atoms with E-state index in [-0.39, 0.29) is 29.8 Å². The Balaban J connectivity index is 1.58. The molecule has 0 aliphatic carbocycles. The third kappa shape index (κ3) is 4.63. The van der Waals surface area contributed by atoms with Crippen LogP contribution in [0.3, 0.4) is 0 Å². The average Bonchev–Trinajstić information content (AvgIpc) is 3.15. The second kappa shape index (κ2) is 8.12. The number of alkyl halides is 6. The predicted octanol–water partition coefficient (Wildman–Crippen LogP) is 5.52. The highest BCUT2D eigenvalue weighted by atomic mass is 19.4. The Labute approximate surface area is 181 Å². The Morgan fingerprint density at radius 2 is 1.56 bits per heavy atom. The minimum Gasteiger partial charge on any atom is -0.337 e. The van der Waals surface area contributed by atoms with Crippen molar-refractivity contribution < 1.29 is 31.1 Å². The minimum absolute atomic E-state index is 0.00982. The SMILES string of the molecule is CC1CCN(C(=O)c2cn3c(n2)CC[C@@H](c2cc(C(F)(F)F)cc(C(F)(F)F)c2)C3)CC1. The molecule has 0 spiro atoms. The van der Waals surface area contributed by atoms with E-state index in [4.69, 9.17) is 0 Å². The van der Waals surface area contributed by atoms with Crippen LogP contribution in [0, 0.1) is 5.92 Å². The molecule has 0 N–H and O–H groups in total. The number of hydrogen-bond acceptors (Lipinski definition) is 2. The lowest BCUT2D eigenvalue weighted by Gasteiger charge is -2.29. The van der Waals surface area contributed by atoms with Gasteiger partial charge in [-0.3, -0.25) is 4.79 Å². The second-order valence-electron chi connectivity index (χ2n) is 8.74. The van der Waals surface area contributed by atoms with E-state index in [9.17, 15) is 31.1 Å². The zero-order valence-electron chi connectivity index (χ0n) is 17.4. The molecule has 0 saturated carbocycles. The number of carbonyl (C=O) groups is 1. The number of rotatable bonds is 2. The van der Waals surface area contributed by atoms with Gasteiger partial charge in [0.2, 0.25) is 0 Å². The number of aryl methyl sites for hydroxylation is 1. The second-order valence-corrected chi connectivity index (χ2v) is 8.74. The van der Waals surface area contributed by atoms with Crippen LogP contribution in [-0.4, -0.2) is 33.4 Å². The van der Waals surface area contributed by atoms with Gasteiger partial charge in [0.05, 0.1) is 11.1 Å². The van der Waals surface area contributed by atoms with Crippen molar-refractivity contribution >= 4 is 5.91 Å². The average molecular weight is 459 g/mol. The first kappa shape index (κ1) is 22.7. The van der Waals surface area contributed by atoms with Crippen molar-refractivity contribution in [2.45, 2.75) is 57.4 Å². The number of likely N-dealkylation sites (tertiary alicyclic amines) is 1. The highest BCUT2D eigenvalue weighted by Gasteiger charge is 2.38. The molecule has 4 rings (SSSR count). The number of amides is 1. The van der Waals surface area contributed by atoms with Crippen molar-refractivity contribution in [3.63, 3.8) is 0 Å². The predicted molar refractivity (Wildman–Crippen MR) is 104 cm³/mol. The zero-order chi connectivity index (χ0) is 23.3. The smallest absolute Gasteiger partial charge is 0.337 e. The van der Waals surface area contributed by atoms with Gasteiger partial charge in [0.1, 0.15) is 11.5 Å². The van der Waals surface area contributed by atoms with E-state index in [1.54, 1.807) is 15.7 Å². The van der Waals surface area contributed by atoms with Crippen molar-refractivity contribution in [2.75, 3.05) is 13.1 Å². The fourth-order valence-electron chi connectivity index (χ4n) is 4.41. The standard InChI is InChI=1S/C22H23F6N3O/c1-13-4-6-30(7-5-13)20(32)18-12-31-11-14(2-3-19(31)29-18)15-8-16(21(23,24)25)10-17(9-15)22(26,27)28/h8-10,12-14H,2-7,11H2,1H3/t14-/m1/s1. The van der Waals surface area contributed by atoms with Crippen molar-refractivity contribution in [3.05, 3.63) is 52.6 Å². The largest absolute Gasteiger partial charge is 0.416 e. The molecule has 2 aliphatic rings. The number of piperidine rings is 1. The van der Waals surface area contributed by atoms with Gasteiger partial charge in [-0.15, -0.1) is 0 Å². The molecule has 1 atom stereocenters. The molecule has 0 unspecified atom stereocenters. The summed E-state index contributed by atoms with van der Waals surface area (Å²) in [7, 11) is 0. The van der Waals surface area contributed by atoms with Crippen LogP contribution in [0.5, 0.6) is 0 Å². The molecule has 3 heterocycles. The van der Waals surface area contributed by atoms with Crippen molar-refractivity contribution in [2.24, 2.45) is 5.92 Å². The third-order valence-corrected chi connectivity index (χ3v) is 6.36. The summed E-state index contributed by atoms with van der Waals surface area (Å²) in [5.74, 6) is 0.453. The first-order valence-electron chi connectivity index (χ1n) is 10.6. The number of nitrogens with zero attached hydrogens (tertiary/aromatic N) is 3. The van der Waals surface area contributed by atoms with Crippen LogP contribution in [0.4, 0.5) is 26.3 Å². The highest BCUT2D eigenvalue weighted by Crippen LogP contribution is 2.39. The molecule has 32 heavy (non-hydrogen) atoms. The van der Waals surface area contributed by atoms with Gasteiger partial charge in [0.25, 0.3) is 5.91 Å². The molecule has 1 aromatic carbocycles. The first-order chi connectivity index (χ1) is 14.9. The Bertz CT molecular complexity index is 970. The van der Waals surface area contributed by atoms with Crippen molar-refractivity contribution in [1.82, 2.24) is 14.5 Å². The lowest BCUT2D eigenvalue weighted by Crippen LogP contribution is -2.38. The molecular formula is C22H23F6N3O. The van der Waals surface area contributed by atoms with E-state index in [0.29, 0.717) is 37.7 Å². The number of aromatic nitrogens is 2. The lowest BCUT2D eigenvalue weighted by atomic mass is 9.89. The van der Waals surface area contributed by atoms with E-state index < -0.39 is 29.4 Å². The van der Waals surface area contributed by atoms with E-state index in [2.05, 4.69) is 11.9 Å². The van der Waals surface area contributed by atoms with Crippen molar-refractivity contribution in [1.29, 1.82) is 0 Å². The maximum Gasteiger partial charge on any atom is 0.416 e. The Morgan fingerprint density at radius 1 is 0.969 bits per heavy atom. The normalized spacial score (nSPS) is 20.3. The minimum atomic E-state index is -4.88. The molecule has 4 nitrogen and oxygen atoms in total. The van der Waals surface area contributed by atoms with Gasteiger partial charge in [-0.25, -0.2) is 4.98 Å². The van der Waals surface area contributed by atoms with Crippen LogP contribution in [0.1, 0.15) is 65.1 Å². The number of imidazole rings is 1. The number of fused-ring (bicyclic) bond motifs is 1. The summed E-state index contributed by atoms with van der Waals surface area (Å²) in [6.07, 6.45) is -5.64. The molecule has 174 valence electrons. The molecule has 1 fully saturated rings. The Morgan fingerprint density at radius 3 is 2.12 bits per heavy atom. The van der Waals surface area contributed by atoms with Crippen LogP contribution in [0.25, 0.3) is 0 Å². The molecular weight excluding hydrogens is 436 g/mol. The van der Waals surface area contributed by atoms with E-state index in [1.807, 2.05) is 0 Å². The summed E-state index contributed by atoms with van der Waals surface area (Å²) < 4.78 is 80.9. The molecule has 1 aromatic heterocycles. The highest BCUT2D eigenvalue weighted by molar-refractivity contribution is 5.92. The Hall–Kier alpha value is -2.52. The van der Waals surface area contributed by atoms with E-state index in [0.717, 1.165) is 25.0 Å². The van der Waals surface area contributed by atoms with Crippen molar-refractivity contribution in [3.8, 4) is 0 Å². The van der Waals surface area contributed by atoms with E-state index in [1.165, 1.54) is 0 Å². The van der Waals surface area contributed by atoms with Gasteiger partial charge >= 0.3 is 12.4 Å². The number of carbonyl (C=O) groups excluding carboxylic acids is 1. The number of halogens is 6. The molecule has 1 amide bonds. The van der Waals surface area contributed by atoms with Gasteiger partial charge in [-0.1, -0.05) is 6.92 Å². The monoisotopic (exact) mass is 459 g/mol. The maximum absolute atomic E-state index is 13.2. The topological polar surface area (TPSA) is 38.1 Å². The fourth-order valence-corrected chi connectivity index (χ4v) is 4.41. The van der Waals surface area contributed by atoms with Crippen LogP contribution in [0.15, 0.2) is 24.4 Å². The number of hydrogen-bond donors (Lipinski definition) is 0. The summed E-state index contributed by atoms with van der Waals surface area (Å²) in [5.41, 5.74) is -2.36. The summed E-state index contributed by atoms with van der Waals surface area (Å²) >= 11 is 0. The quantitative estimate of drug-likeness (QED) is 0.555. The first-order valence-corrected chi connectivity index (χ1v) is 10.6. The third-order valence-electron chi connectivity index (χ3n) is 6.36. The van der Waals surface area contributed by atoms with Gasteiger partial charge in [-0.2, -0.15) is 26.3 Å². The molecule has 2 aliphatic heterocycles. The van der Waals surface area contributed by atoms with Gasteiger partial charge < -0.3 is 9.47 Å². The zero-order valence-corrected chi connectivity index (χ0v) is 17.4. The molecule has 10 heteroatoms.